The molecule has 1 rings (SSSR count). The maximum atomic E-state index is 11.2. The predicted molar refractivity (Wildman–Crippen MR) is 70.0 cm³/mol. The molecule has 0 saturated heterocycles. The smallest absolute Gasteiger partial charge is 0.305 e. The molecule has 0 fully saturated rings. The van der Waals surface area contributed by atoms with Crippen molar-refractivity contribution in [3.05, 3.63) is 35.4 Å². The Hall–Kier alpha value is -1.31. The van der Waals surface area contributed by atoms with E-state index in [1.165, 1.54) is 18.2 Å². The molecule has 0 aliphatic carbocycles. The average molecular weight is 234 g/mol. The highest BCUT2D eigenvalue weighted by molar-refractivity contribution is 5.69. The number of methoxy groups -OCH3 is 1. The molecule has 1 unspecified atom stereocenters. The highest BCUT2D eigenvalue weighted by Crippen LogP contribution is 2.29. The van der Waals surface area contributed by atoms with E-state index >= 15 is 0 Å². The monoisotopic (exact) mass is 234 g/mol. The minimum atomic E-state index is -0.122. The summed E-state index contributed by atoms with van der Waals surface area (Å²) in [5, 5.41) is 0. The van der Waals surface area contributed by atoms with Crippen LogP contribution in [0.4, 0.5) is 0 Å². The Balaban J connectivity index is 2.75. The first-order chi connectivity index (χ1) is 8.04. The Kier molecular flexibility index (Phi) is 5.20. The maximum Gasteiger partial charge on any atom is 0.305 e. The molecule has 0 amide bonds. The van der Waals surface area contributed by atoms with Gasteiger partial charge in [-0.05, 0) is 30.7 Å². The van der Waals surface area contributed by atoms with Crippen LogP contribution in [0.15, 0.2) is 24.3 Å². The molecule has 2 nitrogen and oxygen atoms in total. The lowest BCUT2D eigenvalue weighted by molar-refractivity contribution is -0.140. The van der Waals surface area contributed by atoms with Crippen molar-refractivity contribution in [3.63, 3.8) is 0 Å². The Morgan fingerprint density at radius 3 is 2.59 bits per heavy atom. The maximum absolute atomic E-state index is 11.2. The number of carbonyl (C=O) groups excluding carboxylic acids is 1. The Bertz CT molecular complexity index is 369. The summed E-state index contributed by atoms with van der Waals surface area (Å²) < 4.78 is 4.70. The molecule has 0 saturated carbocycles. The first kappa shape index (κ1) is 13.8. The second-order valence-electron chi connectivity index (χ2n) is 4.88. The third-order valence-electron chi connectivity index (χ3n) is 3.16. The number of ether oxygens (including phenoxy) is 1. The molecule has 2 heteroatoms. The van der Waals surface area contributed by atoms with E-state index in [1.807, 2.05) is 0 Å². The molecule has 0 heterocycles. The molecular weight excluding hydrogens is 212 g/mol. The zero-order valence-corrected chi connectivity index (χ0v) is 11.2. The number of aryl methyl sites for hydroxylation is 1. The van der Waals surface area contributed by atoms with Crippen LogP contribution < -0.4 is 0 Å². The molecule has 1 atom stereocenters. The van der Waals surface area contributed by atoms with Crippen LogP contribution in [0.5, 0.6) is 0 Å². The minimum Gasteiger partial charge on any atom is -0.469 e. The quantitative estimate of drug-likeness (QED) is 0.726. The minimum absolute atomic E-state index is 0.122. The van der Waals surface area contributed by atoms with Crippen molar-refractivity contribution >= 4 is 5.97 Å². The van der Waals surface area contributed by atoms with Gasteiger partial charge in [-0.25, -0.2) is 0 Å². The third kappa shape index (κ3) is 4.22. The largest absolute Gasteiger partial charge is 0.469 e. The normalized spacial score (nSPS) is 12.5. The van der Waals surface area contributed by atoms with Crippen LogP contribution in [0, 0.1) is 12.8 Å². The van der Waals surface area contributed by atoms with Gasteiger partial charge in [0.15, 0.2) is 0 Å². The predicted octanol–water partition coefficient (Wildman–Crippen LogP) is 3.69. The summed E-state index contributed by atoms with van der Waals surface area (Å²) in [7, 11) is 1.44. The fourth-order valence-electron chi connectivity index (χ4n) is 2.16. The lowest BCUT2D eigenvalue weighted by Gasteiger charge is -2.21. The van der Waals surface area contributed by atoms with Crippen molar-refractivity contribution < 1.29 is 9.53 Å². The highest BCUT2D eigenvalue weighted by atomic mass is 16.5. The number of esters is 1. The van der Waals surface area contributed by atoms with Crippen LogP contribution >= 0.6 is 0 Å². The Morgan fingerprint density at radius 2 is 2.06 bits per heavy atom. The van der Waals surface area contributed by atoms with Crippen molar-refractivity contribution in [2.45, 2.75) is 39.5 Å². The number of benzene rings is 1. The van der Waals surface area contributed by atoms with Crippen molar-refractivity contribution in [2.75, 3.05) is 7.11 Å². The molecule has 0 bridgehead atoms. The molecule has 0 spiro atoms. The average Bonchev–Trinajstić information content (AvgIpc) is 2.28. The molecule has 0 aliphatic heterocycles. The third-order valence-corrected chi connectivity index (χ3v) is 3.16. The summed E-state index contributed by atoms with van der Waals surface area (Å²) in [5.74, 6) is 0.832. The van der Waals surface area contributed by atoms with E-state index in [-0.39, 0.29) is 5.97 Å². The van der Waals surface area contributed by atoms with E-state index < -0.39 is 0 Å². The SMILES string of the molecule is COC(=O)CCC(c1cccc(C)c1)C(C)C. The van der Waals surface area contributed by atoms with Gasteiger partial charge in [-0.1, -0.05) is 43.7 Å². The molecule has 0 N–H and O–H groups in total. The van der Waals surface area contributed by atoms with E-state index in [4.69, 9.17) is 4.74 Å². The molecular formula is C15H22O2. The van der Waals surface area contributed by atoms with Crippen molar-refractivity contribution in [2.24, 2.45) is 5.92 Å². The van der Waals surface area contributed by atoms with Crippen LogP contribution in [-0.4, -0.2) is 13.1 Å². The Morgan fingerprint density at radius 1 is 1.35 bits per heavy atom. The molecule has 0 aromatic heterocycles. The molecule has 0 aliphatic rings. The summed E-state index contributed by atoms with van der Waals surface area (Å²) in [6.45, 7) is 6.50. The molecule has 1 aromatic rings. The number of rotatable bonds is 5. The second-order valence-corrected chi connectivity index (χ2v) is 4.88. The zero-order valence-electron chi connectivity index (χ0n) is 11.2. The standard InChI is InChI=1S/C15H22O2/c1-11(2)14(8-9-15(16)17-4)13-7-5-6-12(3)10-13/h5-7,10-11,14H,8-9H2,1-4H3. The molecule has 1 aromatic carbocycles. The van der Waals surface area contributed by atoms with Gasteiger partial charge < -0.3 is 4.74 Å². The van der Waals surface area contributed by atoms with Gasteiger partial charge in [-0.3, -0.25) is 4.79 Å². The van der Waals surface area contributed by atoms with Gasteiger partial charge in [0.05, 0.1) is 7.11 Å². The molecule has 0 radical (unpaired) electrons. The van der Waals surface area contributed by atoms with E-state index in [0.717, 1.165) is 6.42 Å². The highest BCUT2D eigenvalue weighted by Gasteiger charge is 2.17. The van der Waals surface area contributed by atoms with Gasteiger partial charge in [0.1, 0.15) is 0 Å². The summed E-state index contributed by atoms with van der Waals surface area (Å²) in [6.07, 6.45) is 1.35. The van der Waals surface area contributed by atoms with E-state index in [0.29, 0.717) is 18.3 Å². The van der Waals surface area contributed by atoms with E-state index in [9.17, 15) is 4.79 Å². The van der Waals surface area contributed by atoms with E-state index in [2.05, 4.69) is 45.0 Å². The van der Waals surface area contributed by atoms with Crippen molar-refractivity contribution in [1.29, 1.82) is 0 Å². The van der Waals surface area contributed by atoms with Gasteiger partial charge in [0.2, 0.25) is 0 Å². The van der Waals surface area contributed by atoms with Gasteiger partial charge in [0, 0.05) is 6.42 Å². The fourth-order valence-corrected chi connectivity index (χ4v) is 2.16. The van der Waals surface area contributed by atoms with Crippen LogP contribution in [-0.2, 0) is 9.53 Å². The summed E-state index contributed by atoms with van der Waals surface area (Å²) >= 11 is 0. The van der Waals surface area contributed by atoms with Gasteiger partial charge in [-0.15, -0.1) is 0 Å². The van der Waals surface area contributed by atoms with Crippen LogP contribution in [0.25, 0.3) is 0 Å². The van der Waals surface area contributed by atoms with Gasteiger partial charge in [-0.2, -0.15) is 0 Å². The van der Waals surface area contributed by atoms with Gasteiger partial charge in [0.25, 0.3) is 0 Å². The molecule has 17 heavy (non-hydrogen) atoms. The van der Waals surface area contributed by atoms with Gasteiger partial charge >= 0.3 is 5.97 Å². The summed E-state index contributed by atoms with van der Waals surface area (Å²) in [5.41, 5.74) is 2.59. The van der Waals surface area contributed by atoms with E-state index in [1.54, 1.807) is 0 Å². The van der Waals surface area contributed by atoms with Crippen molar-refractivity contribution in [3.8, 4) is 0 Å². The molecule has 94 valence electrons. The number of hydrogen-bond acceptors (Lipinski definition) is 2. The van der Waals surface area contributed by atoms with Crippen LogP contribution in [0.2, 0.25) is 0 Å². The number of hydrogen-bond donors (Lipinski definition) is 0. The fraction of sp³-hybridized carbons (Fsp3) is 0.533. The topological polar surface area (TPSA) is 26.3 Å². The van der Waals surface area contributed by atoms with Crippen LogP contribution in [0.3, 0.4) is 0 Å². The zero-order chi connectivity index (χ0) is 12.8. The number of carbonyl (C=O) groups is 1. The Labute approximate surface area is 104 Å². The first-order valence-corrected chi connectivity index (χ1v) is 6.18. The summed E-state index contributed by atoms with van der Waals surface area (Å²) in [4.78, 5) is 11.2. The van der Waals surface area contributed by atoms with Crippen LogP contribution in [0.1, 0.15) is 43.7 Å². The first-order valence-electron chi connectivity index (χ1n) is 6.18. The van der Waals surface area contributed by atoms with Crippen molar-refractivity contribution in [1.82, 2.24) is 0 Å². The lowest BCUT2D eigenvalue weighted by Crippen LogP contribution is -2.10. The lowest BCUT2D eigenvalue weighted by atomic mass is 9.84. The summed E-state index contributed by atoms with van der Waals surface area (Å²) in [6, 6.07) is 8.54. The second kappa shape index (κ2) is 6.43.